The molecule has 0 saturated carbocycles. The van der Waals surface area contributed by atoms with Crippen LogP contribution in [0.25, 0.3) is 0 Å². The number of rotatable bonds is 5. The highest BCUT2D eigenvalue weighted by Crippen LogP contribution is 2.36. The Hall–Kier alpha value is -2.93. The number of nitrogens with one attached hydrogen (secondary N) is 2. The molecule has 126 valence electrons. The average molecular weight is 350 g/mol. The van der Waals surface area contributed by atoms with Gasteiger partial charge in [0.1, 0.15) is 0 Å². The van der Waals surface area contributed by atoms with Crippen LogP contribution in [0, 0.1) is 0 Å². The Bertz CT molecular complexity index is 722. The number of amides is 2. The molecule has 2 rings (SSSR count). The zero-order valence-electron chi connectivity index (χ0n) is 13.0. The Balaban J connectivity index is 2.00. The number of urea groups is 1. The predicted molar refractivity (Wildman–Crippen MR) is 92.4 cm³/mol. The van der Waals surface area contributed by atoms with Crippen molar-refractivity contribution in [3.8, 4) is 17.2 Å². The van der Waals surface area contributed by atoms with Crippen molar-refractivity contribution in [3.63, 3.8) is 0 Å². The lowest BCUT2D eigenvalue weighted by Crippen LogP contribution is -2.24. The molecule has 2 aromatic rings. The molecule has 0 aromatic heterocycles. The molecule has 0 bridgehead atoms. The predicted octanol–water partition coefficient (Wildman–Crippen LogP) is 3.22. The van der Waals surface area contributed by atoms with Crippen LogP contribution >= 0.6 is 11.6 Å². The quantitative estimate of drug-likeness (QED) is 0.571. The van der Waals surface area contributed by atoms with E-state index in [1.807, 2.05) is 0 Å². The Labute approximate surface area is 143 Å². The number of carbonyl (C=O) groups excluding carboxylic acids is 1. The zero-order chi connectivity index (χ0) is 17.5. The van der Waals surface area contributed by atoms with Gasteiger partial charge in [-0.05, 0) is 36.4 Å². The van der Waals surface area contributed by atoms with E-state index in [-0.39, 0.29) is 17.2 Å². The van der Waals surface area contributed by atoms with Crippen molar-refractivity contribution in [1.82, 2.24) is 5.43 Å². The van der Waals surface area contributed by atoms with Crippen molar-refractivity contribution in [2.75, 3.05) is 19.5 Å². The van der Waals surface area contributed by atoms with Crippen molar-refractivity contribution < 1.29 is 19.4 Å². The van der Waals surface area contributed by atoms with Gasteiger partial charge in [-0.2, -0.15) is 5.10 Å². The first-order valence-corrected chi connectivity index (χ1v) is 7.22. The maximum Gasteiger partial charge on any atom is 0.339 e. The molecule has 0 saturated heterocycles. The van der Waals surface area contributed by atoms with Gasteiger partial charge < -0.3 is 19.9 Å². The van der Waals surface area contributed by atoms with Crippen molar-refractivity contribution >= 4 is 29.5 Å². The number of phenolic OH excluding ortho intramolecular Hbond substituents is 1. The summed E-state index contributed by atoms with van der Waals surface area (Å²) < 4.78 is 10.1. The van der Waals surface area contributed by atoms with Gasteiger partial charge in [-0.25, -0.2) is 10.2 Å². The van der Waals surface area contributed by atoms with Crippen molar-refractivity contribution in [2.45, 2.75) is 0 Å². The maximum absolute atomic E-state index is 11.7. The minimum absolute atomic E-state index is 0.106. The number of aromatic hydroxyl groups is 1. The summed E-state index contributed by atoms with van der Waals surface area (Å²) >= 11 is 5.77. The number of carbonyl (C=O) groups is 1. The molecule has 0 fully saturated rings. The smallest absolute Gasteiger partial charge is 0.339 e. The third-order valence-corrected chi connectivity index (χ3v) is 3.24. The number of methoxy groups -OCH3 is 2. The summed E-state index contributed by atoms with van der Waals surface area (Å²) in [5, 5.41) is 16.8. The molecule has 24 heavy (non-hydrogen) atoms. The molecule has 0 unspecified atom stereocenters. The Morgan fingerprint density at radius 3 is 2.29 bits per heavy atom. The molecule has 2 amide bonds. The van der Waals surface area contributed by atoms with Crippen molar-refractivity contribution in [2.24, 2.45) is 5.10 Å². The van der Waals surface area contributed by atoms with Crippen molar-refractivity contribution in [3.05, 3.63) is 47.0 Å². The van der Waals surface area contributed by atoms with Gasteiger partial charge in [0.25, 0.3) is 0 Å². The first-order valence-electron chi connectivity index (χ1n) is 6.84. The largest absolute Gasteiger partial charge is 0.502 e. The summed E-state index contributed by atoms with van der Waals surface area (Å²) in [5.74, 6) is 0.369. The molecule has 0 spiro atoms. The van der Waals surface area contributed by atoms with Gasteiger partial charge in [0, 0.05) is 16.3 Å². The lowest BCUT2D eigenvalue weighted by atomic mass is 10.2. The van der Waals surface area contributed by atoms with Gasteiger partial charge >= 0.3 is 6.03 Å². The summed E-state index contributed by atoms with van der Waals surface area (Å²) in [6.45, 7) is 0. The SMILES string of the molecule is COc1cc(/C=N\NC(=O)Nc2ccc(Cl)cc2)cc(OC)c1O. The molecule has 2 aromatic carbocycles. The molecule has 0 heterocycles. The number of benzene rings is 2. The van der Waals surface area contributed by atoms with Crippen LogP contribution in [0.4, 0.5) is 10.5 Å². The minimum atomic E-state index is -0.508. The fraction of sp³-hybridized carbons (Fsp3) is 0.125. The van der Waals surface area contributed by atoms with E-state index in [9.17, 15) is 9.90 Å². The van der Waals surface area contributed by atoms with E-state index in [0.717, 1.165) is 0 Å². The van der Waals surface area contributed by atoms with E-state index >= 15 is 0 Å². The second kappa shape index (κ2) is 8.07. The number of hydrazone groups is 1. The molecule has 0 atom stereocenters. The van der Waals surface area contributed by atoms with E-state index in [1.165, 1.54) is 20.4 Å². The molecule has 7 nitrogen and oxygen atoms in total. The minimum Gasteiger partial charge on any atom is -0.502 e. The molecule has 0 aliphatic carbocycles. The van der Waals surface area contributed by atoms with E-state index in [4.69, 9.17) is 21.1 Å². The van der Waals surface area contributed by atoms with Crippen LogP contribution in [-0.4, -0.2) is 31.6 Å². The second-order valence-electron chi connectivity index (χ2n) is 4.61. The lowest BCUT2D eigenvalue weighted by molar-refractivity contribution is 0.252. The number of anilines is 1. The Morgan fingerprint density at radius 2 is 1.75 bits per heavy atom. The van der Waals surface area contributed by atoms with Crippen LogP contribution in [0.5, 0.6) is 17.2 Å². The molecule has 0 radical (unpaired) electrons. The first-order chi connectivity index (χ1) is 11.5. The summed E-state index contributed by atoms with van der Waals surface area (Å²) in [6.07, 6.45) is 1.39. The number of hydrogen-bond donors (Lipinski definition) is 3. The fourth-order valence-electron chi connectivity index (χ4n) is 1.85. The van der Waals surface area contributed by atoms with Crippen LogP contribution in [0.15, 0.2) is 41.5 Å². The van der Waals surface area contributed by atoms with E-state index in [0.29, 0.717) is 16.3 Å². The summed E-state index contributed by atoms with van der Waals surface area (Å²) in [4.78, 5) is 11.7. The third kappa shape index (κ3) is 4.53. The van der Waals surface area contributed by atoms with Crippen LogP contribution < -0.4 is 20.2 Å². The van der Waals surface area contributed by atoms with Gasteiger partial charge in [-0.3, -0.25) is 0 Å². The second-order valence-corrected chi connectivity index (χ2v) is 5.04. The van der Waals surface area contributed by atoms with Gasteiger partial charge in [0.2, 0.25) is 5.75 Å². The standard InChI is InChI=1S/C16H16ClN3O4/c1-23-13-7-10(8-14(24-2)15(13)21)9-18-20-16(22)19-12-5-3-11(17)4-6-12/h3-9,21H,1-2H3,(H2,19,20,22)/b18-9-. The number of halogens is 1. The molecular formula is C16H16ClN3O4. The van der Waals surface area contributed by atoms with Crippen LogP contribution in [0.3, 0.4) is 0 Å². The zero-order valence-corrected chi connectivity index (χ0v) is 13.8. The monoisotopic (exact) mass is 349 g/mol. The number of phenols is 1. The molecule has 8 heteroatoms. The van der Waals surface area contributed by atoms with E-state index in [2.05, 4.69) is 15.8 Å². The van der Waals surface area contributed by atoms with E-state index in [1.54, 1.807) is 36.4 Å². The summed E-state index contributed by atoms with van der Waals surface area (Å²) in [7, 11) is 2.85. The van der Waals surface area contributed by atoms with E-state index < -0.39 is 6.03 Å². The van der Waals surface area contributed by atoms with Crippen LogP contribution in [-0.2, 0) is 0 Å². The highest BCUT2D eigenvalue weighted by molar-refractivity contribution is 6.30. The summed E-state index contributed by atoms with van der Waals surface area (Å²) in [5.41, 5.74) is 3.49. The van der Waals surface area contributed by atoms with Crippen molar-refractivity contribution in [1.29, 1.82) is 0 Å². The molecule has 0 aliphatic rings. The van der Waals surface area contributed by atoms with Gasteiger partial charge in [-0.15, -0.1) is 0 Å². The lowest BCUT2D eigenvalue weighted by Gasteiger charge is -2.09. The number of ether oxygens (including phenoxy) is 2. The Morgan fingerprint density at radius 1 is 1.17 bits per heavy atom. The fourth-order valence-corrected chi connectivity index (χ4v) is 1.97. The Kier molecular flexibility index (Phi) is 5.86. The van der Waals surface area contributed by atoms with Gasteiger partial charge in [-0.1, -0.05) is 11.6 Å². The van der Waals surface area contributed by atoms with Crippen LogP contribution in [0.2, 0.25) is 5.02 Å². The maximum atomic E-state index is 11.7. The highest BCUT2D eigenvalue weighted by Gasteiger charge is 2.10. The molecular weight excluding hydrogens is 334 g/mol. The number of hydrogen-bond acceptors (Lipinski definition) is 5. The molecule has 0 aliphatic heterocycles. The average Bonchev–Trinajstić information content (AvgIpc) is 2.58. The highest BCUT2D eigenvalue weighted by atomic mass is 35.5. The topological polar surface area (TPSA) is 92.2 Å². The van der Waals surface area contributed by atoms with Gasteiger partial charge in [0.15, 0.2) is 11.5 Å². The first kappa shape index (κ1) is 17.4. The number of nitrogens with zero attached hydrogens (tertiary/aromatic N) is 1. The summed E-state index contributed by atoms with van der Waals surface area (Å²) in [6, 6.07) is 9.26. The van der Waals surface area contributed by atoms with Gasteiger partial charge in [0.05, 0.1) is 20.4 Å². The van der Waals surface area contributed by atoms with Crippen LogP contribution in [0.1, 0.15) is 5.56 Å². The molecule has 3 N–H and O–H groups in total. The third-order valence-electron chi connectivity index (χ3n) is 2.98. The normalized spacial score (nSPS) is 10.5.